The van der Waals surface area contributed by atoms with Crippen LogP contribution in [0, 0.1) is 11.3 Å². The molecule has 0 saturated heterocycles. The Hall–Kier alpha value is -2.81. The Balaban J connectivity index is 2.08. The zero-order valence-electron chi connectivity index (χ0n) is 12.0. The zero-order chi connectivity index (χ0) is 15.4. The molecule has 0 aliphatic rings. The van der Waals surface area contributed by atoms with Crippen molar-refractivity contribution in [3.63, 3.8) is 0 Å². The molecule has 0 fully saturated rings. The maximum atomic E-state index is 12.1. The lowest BCUT2D eigenvalue weighted by Gasteiger charge is -2.06. The Labute approximate surface area is 122 Å². The average molecular weight is 284 g/mol. The van der Waals surface area contributed by atoms with Crippen LogP contribution >= 0.6 is 0 Å². The number of carbonyl (C=O) groups excluding carboxylic acids is 1. The quantitative estimate of drug-likeness (QED) is 0.864. The molecule has 0 unspecified atom stereocenters. The Morgan fingerprint density at radius 2 is 2.10 bits per heavy atom. The molecule has 0 aliphatic carbocycles. The lowest BCUT2D eigenvalue weighted by atomic mass is 10.1. The molecule has 6 nitrogen and oxygen atoms in total. The SMILES string of the molecule is CCc1nn(C)c(C(=O)OCc2ccc(C#N)cc2)c1N. The van der Waals surface area contributed by atoms with E-state index in [9.17, 15) is 4.79 Å². The van der Waals surface area contributed by atoms with Gasteiger partial charge in [0.05, 0.1) is 23.0 Å². The maximum Gasteiger partial charge on any atom is 0.359 e. The summed E-state index contributed by atoms with van der Waals surface area (Å²) in [6, 6.07) is 8.88. The molecule has 0 aliphatic heterocycles. The van der Waals surface area contributed by atoms with Gasteiger partial charge in [-0.05, 0) is 24.1 Å². The van der Waals surface area contributed by atoms with E-state index in [0.717, 1.165) is 5.56 Å². The van der Waals surface area contributed by atoms with Crippen LogP contribution in [0.2, 0.25) is 0 Å². The molecule has 108 valence electrons. The highest BCUT2D eigenvalue weighted by atomic mass is 16.5. The lowest BCUT2D eigenvalue weighted by Crippen LogP contribution is -2.12. The second kappa shape index (κ2) is 6.09. The van der Waals surface area contributed by atoms with Crippen LogP contribution in [0.1, 0.15) is 34.2 Å². The summed E-state index contributed by atoms with van der Waals surface area (Å²) in [5.74, 6) is -0.508. The van der Waals surface area contributed by atoms with E-state index in [1.807, 2.05) is 13.0 Å². The number of aryl methyl sites for hydroxylation is 2. The van der Waals surface area contributed by atoms with Crippen LogP contribution in [-0.4, -0.2) is 15.7 Å². The topological polar surface area (TPSA) is 93.9 Å². The number of benzene rings is 1. The highest BCUT2D eigenvalue weighted by Crippen LogP contribution is 2.18. The van der Waals surface area contributed by atoms with Gasteiger partial charge in [-0.25, -0.2) is 4.79 Å². The second-order valence-corrected chi connectivity index (χ2v) is 4.57. The van der Waals surface area contributed by atoms with Gasteiger partial charge in [0.2, 0.25) is 0 Å². The first kappa shape index (κ1) is 14.6. The van der Waals surface area contributed by atoms with Crippen LogP contribution in [0.3, 0.4) is 0 Å². The first-order chi connectivity index (χ1) is 10.1. The molecule has 0 atom stereocenters. The van der Waals surface area contributed by atoms with E-state index in [2.05, 4.69) is 5.10 Å². The Kier molecular flexibility index (Phi) is 4.24. The molecule has 1 aromatic carbocycles. The summed E-state index contributed by atoms with van der Waals surface area (Å²) in [6.07, 6.45) is 0.655. The molecular formula is C15H16N4O2. The standard InChI is InChI=1S/C15H16N4O2/c1-3-12-13(17)14(19(2)18-12)15(20)21-9-11-6-4-10(8-16)5-7-11/h4-7H,3,9,17H2,1-2H3. The minimum atomic E-state index is -0.508. The molecule has 1 heterocycles. The van der Waals surface area contributed by atoms with Crippen molar-refractivity contribution in [1.29, 1.82) is 5.26 Å². The molecule has 2 aromatic rings. The van der Waals surface area contributed by atoms with Gasteiger partial charge in [-0.2, -0.15) is 10.4 Å². The number of nitrogen functional groups attached to an aromatic ring is 1. The van der Waals surface area contributed by atoms with Crippen molar-refractivity contribution in [2.24, 2.45) is 7.05 Å². The van der Waals surface area contributed by atoms with Crippen LogP contribution in [0.5, 0.6) is 0 Å². The van der Waals surface area contributed by atoms with E-state index >= 15 is 0 Å². The number of esters is 1. The van der Waals surface area contributed by atoms with Gasteiger partial charge in [-0.15, -0.1) is 0 Å². The summed E-state index contributed by atoms with van der Waals surface area (Å²) >= 11 is 0. The van der Waals surface area contributed by atoms with Gasteiger partial charge in [-0.3, -0.25) is 4.68 Å². The number of aromatic nitrogens is 2. The van der Waals surface area contributed by atoms with Gasteiger partial charge < -0.3 is 10.5 Å². The van der Waals surface area contributed by atoms with Gasteiger partial charge in [0.15, 0.2) is 5.69 Å². The Bertz CT molecular complexity index is 696. The number of nitrogens with two attached hydrogens (primary N) is 1. The van der Waals surface area contributed by atoms with E-state index in [-0.39, 0.29) is 12.3 Å². The highest BCUT2D eigenvalue weighted by Gasteiger charge is 2.20. The molecule has 2 N–H and O–H groups in total. The van der Waals surface area contributed by atoms with Crippen LogP contribution < -0.4 is 5.73 Å². The first-order valence-electron chi connectivity index (χ1n) is 6.54. The van der Waals surface area contributed by atoms with Crippen LogP contribution in [-0.2, 0) is 24.8 Å². The molecule has 0 bridgehead atoms. The number of hydrogen-bond donors (Lipinski definition) is 1. The second-order valence-electron chi connectivity index (χ2n) is 4.57. The fraction of sp³-hybridized carbons (Fsp3) is 0.267. The predicted molar refractivity (Wildman–Crippen MR) is 77.3 cm³/mol. The van der Waals surface area contributed by atoms with Crippen LogP contribution in [0.4, 0.5) is 5.69 Å². The molecule has 6 heteroatoms. The molecule has 2 rings (SSSR count). The van der Waals surface area contributed by atoms with Gasteiger partial charge in [-0.1, -0.05) is 19.1 Å². The molecular weight excluding hydrogens is 268 g/mol. The van der Waals surface area contributed by atoms with E-state index in [1.54, 1.807) is 31.3 Å². The minimum Gasteiger partial charge on any atom is -0.456 e. The number of carbonyl (C=O) groups is 1. The van der Waals surface area contributed by atoms with E-state index in [1.165, 1.54) is 4.68 Å². The number of nitriles is 1. The van der Waals surface area contributed by atoms with Crippen LogP contribution in [0.25, 0.3) is 0 Å². The van der Waals surface area contributed by atoms with Crippen molar-refractivity contribution < 1.29 is 9.53 Å². The van der Waals surface area contributed by atoms with E-state index < -0.39 is 5.97 Å². The lowest BCUT2D eigenvalue weighted by molar-refractivity contribution is 0.0461. The fourth-order valence-electron chi connectivity index (χ4n) is 1.99. The number of anilines is 1. The van der Waals surface area contributed by atoms with Crippen molar-refractivity contribution in [2.75, 3.05) is 5.73 Å². The summed E-state index contributed by atoms with van der Waals surface area (Å²) in [5, 5.41) is 12.9. The van der Waals surface area contributed by atoms with Crippen molar-refractivity contribution in [2.45, 2.75) is 20.0 Å². The maximum absolute atomic E-state index is 12.1. The Morgan fingerprint density at radius 3 is 2.62 bits per heavy atom. The minimum absolute atomic E-state index is 0.122. The smallest absolute Gasteiger partial charge is 0.359 e. The summed E-state index contributed by atoms with van der Waals surface area (Å²) < 4.78 is 6.68. The van der Waals surface area contributed by atoms with Gasteiger partial charge >= 0.3 is 5.97 Å². The first-order valence-corrected chi connectivity index (χ1v) is 6.54. The zero-order valence-corrected chi connectivity index (χ0v) is 12.0. The van der Waals surface area contributed by atoms with Gasteiger partial charge in [0.1, 0.15) is 6.61 Å². The third-order valence-corrected chi connectivity index (χ3v) is 3.14. The van der Waals surface area contributed by atoms with E-state index in [4.69, 9.17) is 15.7 Å². The number of ether oxygens (including phenoxy) is 1. The monoisotopic (exact) mass is 284 g/mol. The van der Waals surface area contributed by atoms with Crippen LogP contribution in [0.15, 0.2) is 24.3 Å². The number of nitrogens with zero attached hydrogens (tertiary/aromatic N) is 3. The molecule has 0 amide bonds. The van der Waals surface area contributed by atoms with Crippen molar-refractivity contribution in [1.82, 2.24) is 9.78 Å². The number of hydrogen-bond acceptors (Lipinski definition) is 5. The predicted octanol–water partition coefficient (Wildman–Crippen LogP) is 1.79. The molecule has 21 heavy (non-hydrogen) atoms. The van der Waals surface area contributed by atoms with Gasteiger partial charge in [0, 0.05) is 7.05 Å². The average Bonchev–Trinajstić information content (AvgIpc) is 2.79. The summed E-state index contributed by atoms with van der Waals surface area (Å²) in [6.45, 7) is 2.04. The van der Waals surface area contributed by atoms with Crippen molar-refractivity contribution in [3.8, 4) is 6.07 Å². The Morgan fingerprint density at radius 1 is 1.43 bits per heavy atom. The third-order valence-electron chi connectivity index (χ3n) is 3.14. The summed E-state index contributed by atoms with van der Waals surface area (Å²) in [5.41, 5.74) is 8.58. The normalized spacial score (nSPS) is 10.1. The number of rotatable bonds is 4. The largest absolute Gasteiger partial charge is 0.456 e. The summed E-state index contributed by atoms with van der Waals surface area (Å²) in [4.78, 5) is 12.1. The van der Waals surface area contributed by atoms with E-state index in [0.29, 0.717) is 23.4 Å². The van der Waals surface area contributed by atoms with Crippen molar-refractivity contribution in [3.05, 3.63) is 46.8 Å². The molecule has 0 radical (unpaired) electrons. The summed E-state index contributed by atoms with van der Waals surface area (Å²) in [7, 11) is 1.66. The molecule has 1 aromatic heterocycles. The molecule has 0 saturated carbocycles. The third kappa shape index (κ3) is 3.03. The highest BCUT2D eigenvalue weighted by molar-refractivity contribution is 5.93. The van der Waals surface area contributed by atoms with Gasteiger partial charge in [0.25, 0.3) is 0 Å². The fourth-order valence-corrected chi connectivity index (χ4v) is 1.99. The van der Waals surface area contributed by atoms with Crippen molar-refractivity contribution >= 4 is 11.7 Å². The molecule has 0 spiro atoms.